The molecule has 2 aromatic heterocycles. The molecule has 3 aromatic rings. The average molecular weight is 600 g/mol. The third-order valence-corrected chi connectivity index (χ3v) is 7.97. The van der Waals surface area contributed by atoms with Gasteiger partial charge in [-0.25, -0.2) is 19.7 Å². The molecule has 2 aliphatic heterocycles. The lowest BCUT2D eigenvalue weighted by Crippen LogP contribution is -2.45. The molecule has 41 heavy (non-hydrogen) atoms. The quantitative estimate of drug-likeness (QED) is 0.390. The summed E-state index contributed by atoms with van der Waals surface area (Å²) in [5.74, 6) is 2.15. The highest BCUT2D eigenvalue weighted by atomic mass is 35.5. The fraction of sp³-hybridized carbons (Fsp3) is 0.448. The Morgan fingerprint density at radius 1 is 0.976 bits per heavy atom. The summed E-state index contributed by atoms with van der Waals surface area (Å²) in [5.41, 5.74) is 2.61. The lowest BCUT2D eigenvalue weighted by molar-refractivity contribution is 0.175. The van der Waals surface area contributed by atoms with Crippen LogP contribution >= 0.6 is 23.2 Å². The highest BCUT2D eigenvalue weighted by molar-refractivity contribution is 6.35. The van der Waals surface area contributed by atoms with Gasteiger partial charge in [0.25, 0.3) is 0 Å². The van der Waals surface area contributed by atoms with Crippen LogP contribution in [0.4, 0.5) is 10.7 Å². The van der Waals surface area contributed by atoms with E-state index in [0.29, 0.717) is 40.1 Å². The number of nitrogens with one attached hydrogen (secondary N) is 2. The zero-order valence-corrected chi connectivity index (χ0v) is 25.0. The highest BCUT2D eigenvalue weighted by Crippen LogP contribution is 2.31. The Balaban J connectivity index is 1.31. The average Bonchev–Trinajstić information content (AvgIpc) is 2.97. The van der Waals surface area contributed by atoms with Gasteiger partial charge in [0.15, 0.2) is 5.75 Å². The first kappa shape index (κ1) is 29.3. The Morgan fingerprint density at radius 3 is 2.32 bits per heavy atom. The van der Waals surface area contributed by atoms with Crippen molar-refractivity contribution in [2.24, 2.45) is 5.92 Å². The van der Waals surface area contributed by atoms with Crippen molar-refractivity contribution in [1.82, 2.24) is 35.4 Å². The summed E-state index contributed by atoms with van der Waals surface area (Å²) in [6.07, 6.45) is 5.43. The summed E-state index contributed by atoms with van der Waals surface area (Å²) in [6, 6.07) is 9.29. The van der Waals surface area contributed by atoms with E-state index >= 15 is 0 Å². The van der Waals surface area contributed by atoms with Gasteiger partial charge >= 0.3 is 6.03 Å². The molecule has 0 aliphatic carbocycles. The van der Waals surface area contributed by atoms with Gasteiger partial charge in [-0.2, -0.15) is 0 Å². The van der Waals surface area contributed by atoms with Crippen molar-refractivity contribution in [3.8, 4) is 22.9 Å². The molecule has 5 rings (SSSR count). The zero-order valence-electron chi connectivity index (χ0n) is 23.4. The largest absolute Gasteiger partial charge is 0.436 e. The van der Waals surface area contributed by atoms with Gasteiger partial charge in [0.1, 0.15) is 0 Å². The molecule has 0 radical (unpaired) electrons. The number of piperidine rings is 1. The van der Waals surface area contributed by atoms with E-state index in [1.54, 1.807) is 25.5 Å². The monoisotopic (exact) mass is 598 g/mol. The summed E-state index contributed by atoms with van der Waals surface area (Å²) >= 11 is 12.6. The summed E-state index contributed by atoms with van der Waals surface area (Å²) in [4.78, 5) is 32.3. The van der Waals surface area contributed by atoms with Crippen molar-refractivity contribution in [2.75, 3.05) is 64.8 Å². The maximum Gasteiger partial charge on any atom is 0.314 e. The lowest BCUT2D eigenvalue weighted by Gasteiger charge is -2.32. The summed E-state index contributed by atoms with van der Waals surface area (Å²) in [5, 5.41) is 6.62. The van der Waals surface area contributed by atoms with Gasteiger partial charge in [-0.05, 0) is 68.7 Å². The van der Waals surface area contributed by atoms with Crippen molar-refractivity contribution in [1.29, 1.82) is 0 Å². The van der Waals surface area contributed by atoms with E-state index in [-0.39, 0.29) is 6.03 Å². The number of carbonyl (C=O) groups is 1. The highest BCUT2D eigenvalue weighted by Gasteiger charge is 2.21. The number of hydrogen-bond donors (Lipinski definition) is 2. The van der Waals surface area contributed by atoms with Crippen LogP contribution in [-0.4, -0.2) is 90.7 Å². The second-order valence-corrected chi connectivity index (χ2v) is 11.5. The van der Waals surface area contributed by atoms with Crippen LogP contribution in [0.25, 0.3) is 11.3 Å². The van der Waals surface area contributed by atoms with Gasteiger partial charge in [-0.1, -0.05) is 23.2 Å². The molecule has 0 spiro atoms. The zero-order chi connectivity index (χ0) is 28.8. The third kappa shape index (κ3) is 8.19. The normalized spacial score (nSPS) is 16.9. The van der Waals surface area contributed by atoms with Gasteiger partial charge in [0.2, 0.25) is 11.8 Å². The van der Waals surface area contributed by atoms with E-state index in [2.05, 4.69) is 48.4 Å². The minimum absolute atomic E-state index is 0.134. The number of anilines is 1. The Hall–Kier alpha value is -3.18. The number of nitrogens with zero attached hydrogens (tertiary/aromatic N) is 6. The summed E-state index contributed by atoms with van der Waals surface area (Å²) < 4.78 is 6.18. The Labute approximate surface area is 251 Å². The number of halogens is 2. The molecule has 0 atom stereocenters. The van der Waals surface area contributed by atoms with Crippen molar-refractivity contribution >= 4 is 35.2 Å². The lowest BCUT2D eigenvalue weighted by atomic mass is 9.96. The van der Waals surface area contributed by atoms with Crippen molar-refractivity contribution < 1.29 is 9.53 Å². The molecule has 218 valence electrons. The maximum absolute atomic E-state index is 11.5. The molecular formula is C29H36Cl2N8O2. The second-order valence-electron chi connectivity index (χ2n) is 10.6. The predicted molar refractivity (Wildman–Crippen MR) is 162 cm³/mol. The number of ether oxygens (including phenoxy) is 1. The van der Waals surface area contributed by atoms with Crippen LogP contribution in [0.3, 0.4) is 0 Å². The van der Waals surface area contributed by atoms with Crippen molar-refractivity contribution in [3.63, 3.8) is 0 Å². The van der Waals surface area contributed by atoms with Gasteiger partial charge in [0.05, 0.1) is 18.1 Å². The smallest absolute Gasteiger partial charge is 0.314 e. The van der Waals surface area contributed by atoms with Gasteiger partial charge in [-0.15, -0.1) is 0 Å². The number of benzene rings is 1. The SMILES string of the molecule is CNC(=O)NCC1CCN(Cc2cc(Oc3cnc(N4CCN(C)CC4)nc3)nc(-c3cc(Cl)cc(Cl)c3)c2)CC1. The van der Waals surface area contributed by atoms with Crippen molar-refractivity contribution in [3.05, 3.63) is 58.3 Å². The molecule has 4 heterocycles. The standard InChI is InChI=1S/C29H36Cl2N8O2/c1-32-29(40)35-16-20-3-5-38(6-4-20)19-21-11-26(22-13-23(30)15-24(31)14-22)36-27(12-21)41-25-17-33-28(34-18-25)39-9-7-37(2)8-10-39/h11-15,17-18,20H,3-10,16,19H2,1-2H3,(H2,32,35,40). The molecule has 0 bridgehead atoms. The molecule has 1 aromatic carbocycles. The Kier molecular flexibility index (Phi) is 9.76. The van der Waals surface area contributed by atoms with E-state index in [9.17, 15) is 4.79 Å². The predicted octanol–water partition coefficient (Wildman–Crippen LogP) is 4.53. The number of amides is 2. The van der Waals surface area contributed by atoms with Crippen LogP contribution in [0.1, 0.15) is 18.4 Å². The molecule has 2 aliphatic rings. The minimum Gasteiger partial charge on any atom is -0.436 e. The first-order chi connectivity index (χ1) is 19.8. The van der Waals surface area contributed by atoms with Gasteiger partial charge in [0, 0.05) is 68.0 Å². The molecule has 2 N–H and O–H groups in total. The number of rotatable bonds is 8. The first-order valence-electron chi connectivity index (χ1n) is 13.9. The fourth-order valence-corrected chi connectivity index (χ4v) is 5.66. The van der Waals surface area contributed by atoms with Crippen LogP contribution < -0.4 is 20.3 Å². The number of urea groups is 1. The summed E-state index contributed by atoms with van der Waals surface area (Å²) in [7, 11) is 3.75. The second kappa shape index (κ2) is 13.7. The molecule has 2 fully saturated rings. The van der Waals surface area contributed by atoms with Crippen LogP contribution in [0.2, 0.25) is 10.0 Å². The molecule has 12 heteroatoms. The van der Waals surface area contributed by atoms with E-state index in [4.69, 9.17) is 32.9 Å². The maximum atomic E-state index is 11.5. The number of likely N-dealkylation sites (N-methyl/N-ethyl adjacent to an activating group) is 1. The first-order valence-corrected chi connectivity index (χ1v) is 14.7. The Morgan fingerprint density at radius 2 is 1.66 bits per heavy atom. The third-order valence-electron chi connectivity index (χ3n) is 7.53. The van der Waals surface area contributed by atoms with Crippen LogP contribution in [0.5, 0.6) is 11.6 Å². The number of aromatic nitrogens is 3. The van der Waals surface area contributed by atoms with Crippen LogP contribution in [0.15, 0.2) is 42.7 Å². The molecule has 2 amide bonds. The Bertz CT molecular complexity index is 1310. The van der Waals surface area contributed by atoms with Crippen molar-refractivity contribution in [2.45, 2.75) is 19.4 Å². The van der Waals surface area contributed by atoms with E-state index in [1.807, 2.05) is 18.2 Å². The number of likely N-dealkylation sites (tertiary alicyclic amines) is 1. The molecule has 10 nitrogen and oxygen atoms in total. The van der Waals surface area contributed by atoms with Gasteiger partial charge in [-0.3, -0.25) is 4.90 Å². The number of hydrogen-bond acceptors (Lipinski definition) is 8. The number of pyridine rings is 1. The minimum atomic E-state index is -0.134. The van der Waals surface area contributed by atoms with Crippen LogP contribution in [0, 0.1) is 5.92 Å². The number of piperazine rings is 1. The topological polar surface area (TPSA) is 98.8 Å². The number of carbonyl (C=O) groups excluding carboxylic acids is 1. The molecule has 0 unspecified atom stereocenters. The molecular weight excluding hydrogens is 563 g/mol. The van der Waals surface area contributed by atoms with E-state index in [1.165, 1.54) is 0 Å². The molecule has 0 saturated carbocycles. The van der Waals surface area contributed by atoms with E-state index < -0.39 is 0 Å². The van der Waals surface area contributed by atoms with E-state index in [0.717, 1.165) is 75.5 Å². The van der Waals surface area contributed by atoms with Crippen LogP contribution in [-0.2, 0) is 6.54 Å². The van der Waals surface area contributed by atoms with Gasteiger partial charge < -0.3 is 25.2 Å². The molecule has 2 saturated heterocycles. The fourth-order valence-electron chi connectivity index (χ4n) is 5.14. The summed E-state index contributed by atoms with van der Waals surface area (Å²) in [6.45, 7) is 7.08.